The first-order chi connectivity index (χ1) is 8.12. The maximum absolute atomic E-state index is 12.1. The second-order valence-electron chi connectivity index (χ2n) is 5.88. The molecule has 1 heterocycles. The van der Waals surface area contributed by atoms with Crippen LogP contribution in [0.5, 0.6) is 0 Å². The van der Waals surface area contributed by atoms with Gasteiger partial charge in [-0.05, 0) is 40.0 Å². The van der Waals surface area contributed by atoms with E-state index >= 15 is 0 Å². The number of rotatable bonds is 3. The van der Waals surface area contributed by atoms with Crippen LogP contribution in [-0.4, -0.2) is 55.0 Å². The number of carbonyl (C=O) groups excluding carboxylic acids is 1. The smallest absolute Gasteiger partial charge is 0.237 e. The van der Waals surface area contributed by atoms with Crippen molar-refractivity contribution in [3.63, 3.8) is 0 Å². The van der Waals surface area contributed by atoms with Crippen LogP contribution in [0.2, 0.25) is 0 Å². The average molecular weight is 276 g/mol. The van der Waals surface area contributed by atoms with Crippen LogP contribution in [0.15, 0.2) is 0 Å². The van der Waals surface area contributed by atoms with E-state index in [0.717, 1.165) is 38.6 Å². The lowest BCUT2D eigenvalue weighted by atomic mass is 10.1. The zero-order valence-corrected chi connectivity index (χ0v) is 12.6. The summed E-state index contributed by atoms with van der Waals surface area (Å²) >= 11 is 0. The third-order valence-corrected chi connectivity index (χ3v) is 4.61. The first-order valence-electron chi connectivity index (χ1n) is 6.38. The predicted octanol–water partition coefficient (Wildman–Crippen LogP) is 1.06. The molecule has 6 heteroatoms. The van der Waals surface area contributed by atoms with E-state index < -0.39 is 15.6 Å². The van der Waals surface area contributed by atoms with E-state index in [1.807, 2.05) is 0 Å². The third-order valence-electron chi connectivity index (χ3n) is 3.14. The molecule has 1 aliphatic rings. The summed E-state index contributed by atoms with van der Waals surface area (Å²) < 4.78 is 24.8. The fourth-order valence-corrected chi connectivity index (χ4v) is 3.56. The Morgan fingerprint density at radius 2 is 1.67 bits per heavy atom. The Morgan fingerprint density at radius 3 is 2.06 bits per heavy atom. The Hall–Kier alpha value is -0.620. The number of hydrogen-bond acceptors (Lipinski definition) is 3. The zero-order valence-electron chi connectivity index (χ0n) is 11.8. The van der Waals surface area contributed by atoms with Crippen LogP contribution in [0.25, 0.3) is 0 Å². The molecule has 0 atom stereocenters. The van der Waals surface area contributed by atoms with E-state index in [1.54, 1.807) is 25.7 Å². The van der Waals surface area contributed by atoms with Gasteiger partial charge in [0.25, 0.3) is 0 Å². The van der Waals surface area contributed by atoms with Crippen LogP contribution >= 0.6 is 0 Å². The molecule has 0 radical (unpaired) electrons. The van der Waals surface area contributed by atoms with Crippen molar-refractivity contribution in [3.05, 3.63) is 0 Å². The maximum atomic E-state index is 12.1. The molecule has 0 unspecified atom stereocenters. The Kier molecular flexibility index (Phi) is 4.78. The van der Waals surface area contributed by atoms with E-state index in [1.165, 1.54) is 4.31 Å². The summed E-state index contributed by atoms with van der Waals surface area (Å²) in [7, 11) is -3.37. The maximum Gasteiger partial charge on any atom is 0.237 e. The van der Waals surface area contributed by atoms with Crippen LogP contribution in [0, 0.1) is 0 Å². The van der Waals surface area contributed by atoms with Crippen molar-refractivity contribution >= 4 is 15.9 Å². The minimum Gasteiger partial charge on any atom is -0.342 e. The van der Waals surface area contributed by atoms with E-state index in [-0.39, 0.29) is 12.5 Å². The van der Waals surface area contributed by atoms with Crippen molar-refractivity contribution < 1.29 is 13.2 Å². The lowest BCUT2D eigenvalue weighted by molar-refractivity contribution is -0.133. The number of carbonyl (C=O) groups is 1. The van der Waals surface area contributed by atoms with Crippen molar-refractivity contribution in [1.82, 2.24) is 9.21 Å². The van der Waals surface area contributed by atoms with Crippen LogP contribution < -0.4 is 0 Å². The molecule has 18 heavy (non-hydrogen) atoms. The fraction of sp³-hybridized carbons (Fsp3) is 0.917. The predicted molar refractivity (Wildman–Crippen MR) is 71.7 cm³/mol. The average Bonchev–Trinajstić information content (AvgIpc) is 2.23. The Morgan fingerprint density at radius 1 is 1.17 bits per heavy atom. The molecule has 106 valence electrons. The van der Waals surface area contributed by atoms with Crippen LogP contribution in [0.1, 0.15) is 40.0 Å². The van der Waals surface area contributed by atoms with Crippen molar-refractivity contribution in [1.29, 1.82) is 0 Å². The molecule has 1 aliphatic heterocycles. The highest BCUT2D eigenvalue weighted by molar-refractivity contribution is 7.88. The van der Waals surface area contributed by atoms with Crippen molar-refractivity contribution in [2.24, 2.45) is 0 Å². The third kappa shape index (κ3) is 4.24. The molecule has 0 aromatic heterocycles. The van der Waals surface area contributed by atoms with E-state index in [4.69, 9.17) is 0 Å². The number of nitrogens with zero attached hydrogens (tertiary/aromatic N) is 2. The molecule has 1 fully saturated rings. The lowest BCUT2D eigenvalue weighted by Crippen LogP contribution is -2.51. The number of hydrogen-bond donors (Lipinski definition) is 0. The van der Waals surface area contributed by atoms with Gasteiger partial charge in [0.05, 0.1) is 12.8 Å². The molecule has 0 N–H and O–H groups in total. The molecule has 1 saturated heterocycles. The van der Waals surface area contributed by atoms with Gasteiger partial charge in [-0.3, -0.25) is 4.79 Å². The van der Waals surface area contributed by atoms with Gasteiger partial charge in [-0.1, -0.05) is 0 Å². The number of amides is 1. The lowest BCUT2D eigenvalue weighted by Gasteiger charge is -2.35. The van der Waals surface area contributed by atoms with Crippen LogP contribution in [0.3, 0.4) is 0 Å². The molecular formula is C12H24N2O3S. The minimum absolute atomic E-state index is 0.0532. The normalized spacial score (nSPS) is 18.2. The summed E-state index contributed by atoms with van der Waals surface area (Å²) in [5, 5.41) is 0. The summed E-state index contributed by atoms with van der Waals surface area (Å²) in [4.78, 5) is 13.9. The summed E-state index contributed by atoms with van der Waals surface area (Å²) in [6.45, 7) is 6.86. The molecule has 0 saturated carbocycles. The van der Waals surface area contributed by atoms with Gasteiger partial charge < -0.3 is 4.90 Å². The van der Waals surface area contributed by atoms with E-state index in [0.29, 0.717) is 0 Å². The highest BCUT2D eigenvalue weighted by Gasteiger charge is 2.32. The zero-order chi connectivity index (χ0) is 14.0. The largest absolute Gasteiger partial charge is 0.342 e. The van der Waals surface area contributed by atoms with Crippen molar-refractivity contribution in [2.45, 2.75) is 45.6 Å². The summed E-state index contributed by atoms with van der Waals surface area (Å²) in [5.41, 5.74) is -0.570. The molecule has 1 amide bonds. The Balaban J connectivity index is 2.75. The van der Waals surface area contributed by atoms with Gasteiger partial charge in [-0.2, -0.15) is 4.31 Å². The molecule has 0 aliphatic carbocycles. The number of piperidine rings is 1. The van der Waals surface area contributed by atoms with Gasteiger partial charge in [0.1, 0.15) is 0 Å². The standard InChI is InChI=1S/C12H24N2O3S/c1-12(2,3)14(18(4,16)17)10-11(15)13-8-6-5-7-9-13/h5-10H2,1-4H3. The topological polar surface area (TPSA) is 57.7 Å². The molecular weight excluding hydrogens is 252 g/mol. The van der Waals surface area contributed by atoms with Gasteiger partial charge in [0.15, 0.2) is 0 Å². The van der Waals surface area contributed by atoms with Gasteiger partial charge in [-0.15, -0.1) is 0 Å². The fourth-order valence-electron chi connectivity index (χ4n) is 2.22. The van der Waals surface area contributed by atoms with Crippen LogP contribution in [0.4, 0.5) is 0 Å². The van der Waals surface area contributed by atoms with E-state index in [9.17, 15) is 13.2 Å². The molecule has 0 bridgehead atoms. The Labute approximate surface area is 110 Å². The second-order valence-corrected chi connectivity index (χ2v) is 7.79. The van der Waals surface area contributed by atoms with Gasteiger partial charge in [0.2, 0.25) is 15.9 Å². The van der Waals surface area contributed by atoms with Crippen LogP contribution in [-0.2, 0) is 14.8 Å². The first-order valence-corrected chi connectivity index (χ1v) is 8.23. The monoisotopic (exact) mass is 276 g/mol. The Bertz CT molecular complexity index is 392. The van der Waals surface area contributed by atoms with E-state index in [2.05, 4.69) is 0 Å². The molecule has 0 spiro atoms. The quantitative estimate of drug-likeness (QED) is 0.774. The number of likely N-dealkylation sites (tertiary alicyclic amines) is 1. The van der Waals surface area contributed by atoms with Crippen molar-refractivity contribution in [3.8, 4) is 0 Å². The van der Waals surface area contributed by atoms with Gasteiger partial charge in [-0.25, -0.2) is 8.42 Å². The molecule has 1 rings (SSSR count). The number of sulfonamides is 1. The summed E-state index contributed by atoms with van der Waals surface area (Å²) in [6.07, 6.45) is 4.33. The second kappa shape index (κ2) is 5.57. The van der Waals surface area contributed by atoms with Crippen molar-refractivity contribution in [2.75, 3.05) is 25.9 Å². The minimum atomic E-state index is -3.37. The van der Waals surface area contributed by atoms with Gasteiger partial charge in [0, 0.05) is 18.6 Å². The SMILES string of the molecule is CC(C)(C)N(CC(=O)N1CCCCC1)S(C)(=O)=O. The summed E-state index contributed by atoms with van der Waals surface area (Å²) in [5.74, 6) is -0.0879. The summed E-state index contributed by atoms with van der Waals surface area (Å²) in [6, 6.07) is 0. The first kappa shape index (κ1) is 15.4. The highest BCUT2D eigenvalue weighted by Crippen LogP contribution is 2.18. The molecule has 0 aromatic carbocycles. The van der Waals surface area contributed by atoms with Gasteiger partial charge >= 0.3 is 0 Å². The molecule has 5 nitrogen and oxygen atoms in total. The highest BCUT2D eigenvalue weighted by atomic mass is 32.2. The molecule has 0 aromatic rings.